The van der Waals surface area contributed by atoms with Gasteiger partial charge in [-0.3, -0.25) is 4.79 Å². The molecule has 0 radical (unpaired) electrons. The number of rotatable bonds is 9. The number of nitrogens with zero attached hydrogens (tertiary/aromatic N) is 1. The summed E-state index contributed by atoms with van der Waals surface area (Å²) in [5, 5.41) is 4.17. The number of hydrazone groups is 1. The molecule has 0 aliphatic rings. The molecule has 0 saturated heterocycles. The maximum Gasteiger partial charge on any atom is 0.240 e. The normalized spacial score (nSPS) is 11.5. The predicted octanol–water partition coefficient (Wildman–Crippen LogP) is 4.59. The second-order valence-corrected chi connectivity index (χ2v) is 5.62. The Hall–Kier alpha value is -1.64. The lowest BCUT2D eigenvalue weighted by atomic mass is 10.1. The standard InChI is InChI=1S/C18H28N2O/c1-4-5-6-7-8-9-10-18(21)20-19-16(3)17-13-11-15(2)12-14-17/h11-14H,4-10H2,1-3H3,(H,20,21). The topological polar surface area (TPSA) is 41.5 Å². The fraction of sp³-hybridized carbons (Fsp3) is 0.556. The van der Waals surface area contributed by atoms with Gasteiger partial charge in [-0.15, -0.1) is 0 Å². The van der Waals surface area contributed by atoms with Crippen molar-refractivity contribution in [2.75, 3.05) is 0 Å². The number of hydrogen-bond donors (Lipinski definition) is 1. The Balaban J connectivity index is 2.25. The first kappa shape index (κ1) is 17.4. The second-order valence-electron chi connectivity index (χ2n) is 5.62. The lowest BCUT2D eigenvalue weighted by molar-refractivity contribution is -0.121. The van der Waals surface area contributed by atoms with E-state index in [1.807, 2.05) is 31.2 Å². The Morgan fingerprint density at radius 1 is 1.05 bits per heavy atom. The van der Waals surface area contributed by atoms with Crippen LogP contribution in [0, 0.1) is 6.92 Å². The molecule has 0 unspecified atom stereocenters. The van der Waals surface area contributed by atoms with Gasteiger partial charge < -0.3 is 0 Å². The molecule has 0 aliphatic carbocycles. The van der Waals surface area contributed by atoms with Gasteiger partial charge in [-0.1, -0.05) is 68.9 Å². The van der Waals surface area contributed by atoms with Gasteiger partial charge in [0.2, 0.25) is 5.91 Å². The van der Waals surface area contributed by atoms with Crippen LogP contribution in [0.3, 0.4) is 0 Å². The van der Waals surface area contributed by atoms with E-state index in [0.717, 1.165) is 24.1 Å². The fourth-order valence-electron chi connectivity index (χ4n) is 2.13. The molecule has 0 aromatic heterocycles. The molecular formula is C18H28N2O. The zero-order valence-corrected chi connectivity index (χ0v) is 13.6. The molecule has 1 amide bonds. The SMILES string of the molecule is CCCCCCCCC(=O)NN=C(C)c1ccc(C)cc1. The quantitative estimate of drug-likeness (QED) is 0.403. The Morgan fingerprint density at radius 3 is 2.33 bits per heavy atom. The summed E-state index contributed by atoms with van der Waals surface area (Å²) in [5.74, 6) is 0.0111. The molecule has 116 valence electrons. The number of amides is 1. The van der Waals surface area contributed by atoms with E-state index < -0.39 is 0 Å². The number of aryl methyl sites for hydroxylation is 1. The molecule has 0 atom stereocenters. The summed E-state index contributed by atoms with van der Waals surface area (Å²) in [7, 11) is 0. The highest BCUT2D eigenvalue weighted by atomic mass is 16.2. The van der Waals surface area contributed by atoms with Crippen molar-refractivity contribution in [1.29, 1.82) is 0 Å². The van der Waals surface area contributed by atoms with E-state index >= 15 is 0 Å². The molecule has 1 aromatic rings. The van der Waals surface area contributed by atoms with Crippen molar-refractivity contribution >= 4 is 11.6 Å². The van der Waals surface area contributed by atoms with Crippen LogP contribution in [0.15, 0.2) is 29.4 Å². The van der Waals surface area contributed by atoms with E-state index in [0.29, 0.717) is 6.42 Å². The maximum absolute atomic E-state index is 11.7. The second kappa shape index (κ2) is 10.1. The molecule has 1 aromatic carbocycles. The lowest BCUT2D eigenvalue weighted by Crippen LogP contribution is -2.18. The van der Waals surface area contributed by atoms with Gasteiger partial charge in [0.15, 0.2) is 0 Å². The predicted molar refractivity (Wildman–Crippen MR) is 89.5 cm³/mol. The number of benzene rings is 1. The minimum absolute atomic E-state index is 0.0111. The van der Waals surface area contributed by atoms with E-state index in [1.54, 1.807) is 0 Å². The molecule has 0 spiro atoms. The molecule has 3 heteroatoms. The van der Waals surface area contributed by atoms with Crippen molar-refractivity contribution in [2.24, 2.45) is 5.10 Å². The van der Waals surface area contributed by atoms with Crippen molar-refractivity contribution in [3.8, 4) is 0 Å². The smallest absolute Gasteiger partial charge is 0.240 e. The first-order chi connectivity index (χ1) is 10.1. The van der Waals surface area contributed by atoms with Gasteiger partial charge in [0.1, 0.15) is 0 Å². The van der Waals surface area contributed by atoms with Crippen LogP contribution in [-0.4, -0.2) is 11.6 Å². The summed E-state index contributed by atoms with van der Waals surface area (Å²) in [6.07, 6.45) is 7.72. The average Bonchev–Trinajstić information content (AvgIpc) is 2.49. The maximum atomic E-state index is 11.7. The first-order valence-electron chi connectivity index (χ1n) is 8.03. The third-order valence-corrected chi connectivity index (χ3v) is 3.58. The summed E-state index contributed by atoms with van der Waals surface area (Å²) >= 11 is 0. The Morgan fingerprint density at radius 2 is 1.67 bits per heavy atom. The van der Waals surface area contributed by atoms with Crippen LogP contribution in [0.1, 0.15) is 69.9 Å². The number of nitrogens with one attached hydrogen (secondary N) is 1. The van der Waals surface area contributed by atoms with Gasteiger partial charge in [-0.25, -0.2) is 5.43 Å². The summed E-state index contributed by atoms with van der Waals surface area (Å²) in [4.78, 5) is 11.7. The van der Waals surface area contributed by atoms with Gasteiger partial charge in [0, 0.05) is 6.42 Å². The highest BCUT2D eigenvalue weighted by Crippen LogP contribution is 2.07. The van der Waals surface area contributed by atoms with Gasteiger partial charge in [0.05, 0.1) is 5.71 Å². The van der Waals surface area contributed by atoms with Crippen LogP contribution in [0.2, 0.25) is 0 Å². The molecule has 1 N–H and O–H groups in total. The third-order valence-electron chi connectivity index (χ3n) is 3.58. The lowest BCUT2D eigenvalue weighted by Gasteiger charge is -2.04. The average molecular weight is 288 g/mol. The van der Waals surface area contributed by atoms with Crippen molar-refractivity contribution in [3.05, 3.63) is 35.4 Å². The Labute approximate surface area is 128 Å². The van der Waals surface area contributed by atoms with Crippen molar-refractivity contribution in [2.45, 2.75) is 65.7 Å². The zero-order valence-electron chi connectivity index (χ0n) is 13.6. The number of carbonyl (C=O) groups excluding carboxylic acids is 1. The molecule has 0 bridgehead atoms. The minimum atomic E-state index is 0.0111. The Bertz CT molecular complexity index is 449. The van der Waals surface area contributed by atoms with Gasteiger partial charge in [-0.05, 0) is 25.8 Å². The molecule has 1 rings (SSSR count). The molecular weight excluding hydrogens is 260 g/mol. The zero-order chi connectivity index (χ0) is 15.5. The van der Waals surface area contributed by atoms with E-state index in [2.05, 4.69) is 24.4 Å². The molecule has 0 aliphatic heterocycles. The summed E-state index contributed by atoms with van der Waals surface area (Å²) in [6, 6.07) is 8.14. The summed E-state index contributed by atoms with van der Waals surface area (Å²) < 4.78 is 0. The first-order valence-corrected chi connectivity index (χ1v) is 8.03. The monoisotopic (exact) mass is 288 g/mol. The van der Waals surface area contributed by atoms with Crippen LogP contribution in [0.5, 0.6) is 0 Å². The van der Waals surface area contributed by atoms with E-state index in [-0.39, 0.29) is 5.91 Å². The minimum Gasteiger partial charge on any atom is -0.273 e. The molecule has 0 heterocycles. The largest absolute Gasteiger partial charge is 0.273 e. The Kier molecular flexibility index (Phi) is 8.41. The number of carbonyl (C=O) groups is 1. The van der Waals surface area contributed by atoms with Gasteiger partial charge >= 0.3 is 0 Å². The van der Waals surface area contributed by atoms with E-state index in [4.69, 9.17) is 0 Å². The van der Waals surface area contributed by atoms with Crippen LogP contribution in [-0.2, 0) is 4.79 Å². The van der Waals surface area contributed by atoms with Gasteiger partial charge in [0.25, 0.3) is 0 Å². The summed E-state index contributed by atoms with van der Waals surface area (Å²) in [5.41, 5.74) is 5.75. The van der Waals surface area contributed by atoms with Crippen molar-refractivity contribution in [3.63, 3.8) is 0 Å². The summed E-state index contributed by atoms with van der Waals surface area (Å²) in [6.45, 7) is 6.18. The highest BCUT2D eigenvalue weighted by molar-refractivity contribution is 5.99. The van der Waals surface area contributed by atoms with E-state index in [9.17, 15) is 4.79 Å². The highest BCUT2D eigenvalue weighted by Gasteiger charge is 2.01. The van der Waals surface area contributed by atoms with Crippen LogP contribution >= 0.6 is 0 Å². The van der Waals surface area contributed by atoms with Crippen LogP contribution in [0.25, 0.3) is 0 Å². The molecule has 0 saturated carbocycles. The van der Waals surface area contributed by atoms with Crippen molar-refractivity contribution < 1.29 is 4.79 Å². The molecule has 0 fully saturated rings. The van der Waals surface area contributed by atoms with Gasteiger partial charge in [-0.2, -0.15) is 5.10 Å². The molecule has 21 heavy (non-hydrogen) atoms. The van der Waals surface area contributed by atoms with Crippen LogP contribution < -0.4 is 5.43 Å². The van der Waals surface area contributed by atoms with Crippen molar-refractivity contribution in [1.82, 2.24) is 5.43 Å². The van der Waals surface area contributed by atoms with Crippen LogP contribution in [0.4, 0.5) is 0 Å². The van der Waals surface area contributed by atoms with E-state index in [1.165, 1.54) is 31.2 Å². The number of hydrogen-bond acceptors (Lipinski definition) is 2. The fourth-order valence-corrected chi connectivity index (χ4v) is 2.13. The molecule has 3 nitrogen and oxygen atoms in total. The number of unbranched alkanes of at least 4 members (excludes halogenated alkanes) is 5. The third kappa shape index (κ3) is 7.64.